The maximum absolute atomic E-state index is 12.1. The number of carbonyl (C=O) groups is 2. The molecule has 0 spiro atoms. The van der Waals surface area contributed by atoms with E-state index in [9.17, 15) is 9.59 Å². The number of fused-ring (bicyclic) bond motifs is 1. The number of nitrogens with zero attached hydrogens (tertiary/aromatic N) is 2. The van der Waals surface area contributed by atoms with E-state index in [0.717, 1.165) is 22.8 Å². The first kappa shape index (κ1) is 17.2. The number of Topliss-reactive ketones (excluding diaryl/α,β-unsaturated/α-hetero) is 1. The fraction of sp³-hybridized carbons (Fsp3) is 0.211. The Morgan fingerprint density at radius 1 is 1.16 bits per heavy atom. The molecule has 0 aliphatic carbocycles. The van der Waals surface area contributed by atoms with Gasteiger partial charge in [-0.25, -0.2) is 4.98 Å². The molecular weight excluding hydrogens is 334 g/mol. The van der Waals surface area contributed by atoms with Crippen molar-refractivity contribution in [2.45, 2.75) is 24.9 Å². The summed E-state index contributed by atoms with van der Waals surface area (Å²) in [5, 5.41) is 3.75. The Bertz CT molecular complexity index is 904. The first-order chi connectivity index (χ1) is 12.1. The standard InChI is InChI=1S/C19H19N3O2S/c1-14(23)16-8-2-3-9-17(16)21-18(24)10-6-12-25-19-20-13-15-7-4-5-11-22(15)19/h2-5,7-9,11,13H,6,10,12H2,1H3,(H,21,24). The zero-order chi connectivity index (χ0) is 17.6. The van der Waals surface area contributed by atoms with Crippen LogP contribution in [-0.2, 0) is 4.79 Å². The summed E-state index contributed by atoms with van der Waals surface area (Å²) in [4.78, 5) is 28.1. The number of carbonyl (C=O) groups excluding carboxylic acids is 2. The molecule has 0 saturated carbocycles. The van der Waals surface area contributed by atoms with Crippen LogP contribution in [0.25, 0.3) is 5.52 Å². The molecule has 2 aromatic heterocycles. The van der Waals surface area contributed by atoms with Gasteiger partial charge in [0.15, 0.2) is 10.9 Å². The Kier molecular flexibility index (Phi) is 5.50. The van der Waals surface area contributed by atoms with Gasteiger partial charge in [-0.3, -0.25) is 14.0 Å². The van der Waals surface area contributed by atoms with Crippen molar-refractivity contribution < 1.29 is 9.59 Å². The Morgan fingerprint density at radius 3 is 2.80 bits per heavy atom. The molecule has 0 aliphatic rings. The number of ketones is 1. The number of nitrogens with one attached hydrogen (secondary N) is 1. The van der Waals surface area contributed by atoms with Crippen LogP contribution in [0.2, 0.25) is 0 Å². The van der Waals surface area contributed by atoms with Gasteiger partial charge in [0.25, 0.3) is 0 Å². The molecule has 5 nitrogen and oxygen atoms in total. The van der Waals surface area contributed by atoms with Gasteiger partial charge < -0.3 is 5.32 Å². The number of para-hydroxylation sites is 1. The van der Waals surface area contributed by atoms with E-state index in [0.29, 0.717) is 17.7 Å². The number of aromatic nitrogens is 2. The predicted octanol–water partition coefficient (Wildman–Crippen LogP) is 4.05. The average Bonchev–Trinajstić information content (AvgIpc) is 3.02. The van der Waals surface area contributed by atoms with Crippen molar-refractivity contribution in [2.75, 3.05) is 11.1 Å². The molecule has 6 heteroatoms. The minimum atomic E-state index is -0.0812. The summed E-state index contributed by atoms with van der Waals surface area (Å²) < 4.78 is 2.04. The molecule has 0 unspecified atom stereocenters. The summed E-state index contributed by atoms with van der Waals surface area (Å²) in [5.74, 6) is 0.662. The van der Waals surface area contributed by atoms with E-state index < -0.39 is 0 Å². The molecule has 1 N–H and O–H groups in total. The highest BCUT2D eigenvalue weighted by molar-refractivity contribution is 7.99. The van der Waals surface area contributed by atoms with Crippen molar-refractivity contribution in [3.63, 3.8) is 0 Å². The largest absolute Gasteiger partial charge is 0.325 e. The molecule has 0 saturated heterocycles. The van der Waals surface area contributed by atoms with Gasteiger partial charge in [0, 0.05) is 23.9 Å². The van der Waals surface area contributed by atoms with Crippen LogP contribution in [0.4, 0.5) is 5.69 Å². The van der Waals surface area contributed by atoms with E-state index in [1.165, 1.54) is 6.92 Å². The van der Waals surface area contributed by atoms with Crippen molar-refractivity contribution in [3.8, 4) is 0 Å². The number of pyridine rings is 1. The van der Waals surface area contributed by atoms with Crippen LogP contribution in [0.3, 0.4) is 0 Å². The maximum atomic E-state index is 12.1. The topological polar surface area (TPSA) is 63.5 Å². The summed E-state index contributed by atoms with van der Waals surface area (Å²) in [6.45, 7) is 1.50. The number of hydrogen-bond donors (Lipinski definition) is 1. The molecule has 0 aliphatic heterocycles. The zero-order valence-electron chi connectivity index (χ0n) is 13.9. The zero-order valence-corrected chi connectivity index (χ0v) is 14.8. The Balaban J connectivity index is 1.49. The van der Waals surface area contributed by atoms with Gasteiger partial charge in [-0.15, -0.1) is 0 Å². The Morgan fingerprint density at radius 2 is 1.96 bits per heavy atom. The van der Waals surface area contributed by atoms with E-state index in [-0.39, 0.29) is 11.7 Å². The highest BCUT2D eigenvalue weighted by Gasteiger charge is 2.10. The average molecular weight is 353 g/mol. The summed E-state index contributed by atoms with van der Waals surface area (Å²) in [5.41, 5.74) is 2.17. The second kappa shape index (κ2) is 7.98. The van der Waals surface area contributed by atoms with Crippen molar-refractivity contribution in [1.29, 1.82) is 0 Å². The monoisotopic (exact) mass is 353 g/mol. The first-order valence-corrected chi connectivity index (χ1v) is 9.08. The van der Waals surface area contributed by atoms with Gasteiger partial charge in [0.05, 0.1) is 17.4 Å². The first-order valence-electron chi connectivity index (χ1n) is 8.10. The molecule has 1 amide bonds. The lowest BCUT2D eigenvalue weighted by Gasteiger charge is -2.08. The third-order valence-corrected chi connectivity index (χ3v) is 4.82. The fourth-order valence-electron chi connectivity index (χ4n) is 2.53. The van der Waals surface area contributed by atoms with Crippen LogP contribution in [0.5, 0.6) is 0 Å². The van der Waals surface area contributed by atoms with Gasteiger partial charge in [-0.2, -0.15) is 0 Å². The normalized spacial score (nSPS) is 10.8. The quantitative estimate of drug-likeness (QED) is 0.395. The number of benzene rings is 1. The van der Waals surface area contributed by atoms with Crippen LogP contribution in [0.1, 0.15) is 30.1 Å². The molecule has 25 heavy (non-hydrogen) atoms. The molecule has 3 aromatic rings. The van der Waals surface area contributed by atoms with Crippen LogP contribution in [-0.4, -0.2) is 26.8 Å². The molecule has 0 fully saturated rings. The Hall–Kier alpha value is -2.60. The van der Waals surface area contributed by atoms with E-state index in [4.69, 9.17) is 0 Å². The number of imidazole rings is 1. The highest BCUT2D eigenvalue weighted by Crippen LogP contribution is 2.20. The lowest BCUT2D eigenvalue weighted by Crippen LogP contribution is -2.14. The smallest absolute Gasteiger partial charge is 0.224 e. The van der Waals surface area contributed by atoms with Gasteiger partial charge in [-0.1, -0.05) is 30.0 Å². The lowest BCUT2D eigenvalue weighted by atomic mass is 10.1. The number of amides is 1. The van der Waals surface area contributed by atoms with Crippen molar-refractivity contribution in [1.82, 2.24) is 9.38 Å². The number of hydrogen-bond acceptors (Lipinski definition) is 4. The molecular formula is C19H19N3O2S. The van der Waals surface area contributed by atoms with Crippen LogP contribution in [0.15, 0.2) is 60.0 Å². The molecule has 0 atom stereocenters. The SMILES string of the molecule is CC(=O)c1ccccc1NC(=O)CCCSc1ncc2ccccn12. The maximum Gasteiger partial charge on any atom is 0.224 e. The van der Waals surface area contributed by atoms with Crippen LogP contribution in [0, 0.1) is 0 Å². The predicted molar refractivity (Wildman–Crippen MR) is 100 cm³/mol. The van der Waals surface area contributed by atoms with E-state index in [1.807, 2.05) is 35.0 Å². The summed E-state index contributed by atoms with van der Waals surface area (Å²) in [6.07, 6.45) is 4.97. The minimum absolute atomic E-state index is 0.0577. The van der Waals surface area contributed by atoms with Crippen molar-refractivity contribution in [2.24, 2.45) is 0 Å². The second-order valence-corrected chi connectivity index (χ2v) is 6.70. The third kappa shape index (κ3) is 4.28. The van der Waals surface area contributed by atoms with E-state index in [1.54, 1.807) is 36.0 Å². The minimum Gasteiger partial charge on any atom is -0.325 e. The van der Waals surface area contributed by atoms with E-state index in [2.05, 4.69) is 10.3 Å². The summed E-state index contributed by atoms with van der Waals surface area (Å²) >= 11 is 1.63. The van der Waals surface area contributed by atoms with Gasteiger partial charge in [-0.05, 0) is 37.6 Å². The van der Waals surface area contributed by atoms with Crippen LogP contribution >= 0.6 is 11.8 Å². The number of anilines is 1. The fourth-order valence-corrected chi connectivity index (χ4v) is 3.44. The van der Waals surface area contributed by atoms with Gasteiger partial charge >= 0.3 is 0 Å². The van der Waals surface area contributed by atoms with Crippen molar-refractivity contribution in [3.05, 3.63) is 60.4 Å². The van der Waals surface area contributed by atoms with E-state index >= 15 is 0 Å². The second-order valence-electron chi connectivity index (χ2n) is 5.64. The summed E-state index contributed by atoms with van der Waals surface area (Å²) in [7, 11) is 0. The Labute approximate surface area is 150 Å². The van der Waals surface area contributed by atoms with Gasteiger partial charge in [0.2, 0.25) is 5.91 Å². The molecule has 0 bridgehead atoms. The third-order valence-electron chi connectivity index (χ3n) is 3.76. The molecule has 128 valence electrons. The molecule has 1 aromatic carbocycles. The van der Waals surface area contributed by atoms with Gasteiger partial charge in [0.1, 0.15) is 0 Å². The lowest BCUT2D eigenvalue weighted by molar-refractivity contribution is -0.116. The number of rotatable bonds is 7. The summed E-state index contributed by atoms with van der Waals surface area (Å²) in [6, 6.07) is 13.0. The number of thioether (sulfide) groups is 1. The van der Waals surface area contributed by atoms with Crippen LogP contribution < -0.4 is 5.32 Å². The molecule has 0 radical (unpaired) electrons. The highest BCUT2D eigenvalue weighted by atomic mass is 32.2. The van der Waals surface area contributed by atoms with Crippen molar-refractivity contribution >= 4 is 34.7 Å². The molecule has 2 heterocycles. The molecule has 3 rings (SSSR count).